The molecule has 2 N–H and O–H groups in total. The van der Waals surface area contributed by atoms with Crippen molar-refractivity contribution in [1.82, 2.24) is 9.55 Å². The van der Waals surface area contributed by atoms with Crippen molar-refractivity contribution in [2.45, 2.75) is 0 Å². The average molecular weight is 270 g/mol. The van der Waals surface area contributed by atoms with Crippen molar-refractivity contribution in [2.24, 2.45) is 0 Å². The fourth-order valence-electron chi connectivity index (χ4n) is 2.07. The number of fused-ring (bicyclic) bond motifs is 1. The van der Waals surface area contributed by atoms with E-state index in [-0.39, 0.29) is 17.0 Å². The molecular formula is C14H8F2N4. The van der Waals surface area contributed by atoms with Crippen molar-refractivity contribution in [3.05, 3.63) is 53.6 Å². The Labute approximate surface area is 112 Å². The molecule has 0 radical (unpaired) electrons. The summed E-state index contributed by atoms with van der Waals surface area (Å²) >= 11 is 0. The van der Waals surface area contributed by atoms with Crippen LogP contribution in [-0.4, -0.2) is 9.55 Å². The van der Waals surface area contributed by atoms with E-state index in [9.17, 15) is 8.78 Å². The normalized spacial score (nSPS) is 10.7. The number of hydrogen-bond acceptors (Lipinski definition) is 3. The Kier molecular flexibility index (Phi) is 2.61. The number of rotatable bonds is 1. The third kappa shape index (κ3) is 1.68. The number of imidazole rings is 1. The van der Waals surface area contributed by atoms with E-state index in [1.165, 1.54) is 10.6 Å². The van der Waals surface area contributed by atoms with Crippen molar-refractivity contribution in [3.8, 4) is 11.8 Å². The first-order chi connectivity index (χ1) is 9.61. The molecule has 0 aliphatic heterocycles. The fraction of sp³-hybridized carbons (Fsp3) is 0. The third-order valence-corrected chi connectivity index (χ3v) is 2.99. The van der Waals surface area contributed by atoms with Crippen LogP contribution in [0.4, 0.5) is 14.7 Å². The number of nitrogens with two attached hydrogens (primary N) is 1. The lowest BCUT2D eigenvalue weighted by molar-refractivity contribution is 0.514. The molecule has 0 bridgehead atoms. The molecule has 0 unspecified atom stereocenters. The van der Waals surface area contributed by atoms with Crippen molar-refractivity contribution in [3.63, 3.8) is 0 Å². The molecule has 0 atom stereocenters. The van der Waals surface area contributed by atoms with E-state index >= 15 is 0 Å². The van der Waals surface area contributed by atoms with Crippen LogP contribution in [0.2, 0.25) is 0 Å². The van der Waals surface area contributed by atoms with Gasteiger partial charge in [0.15, 0.2) is 11.6 Å². The predicted octanol–water partition coefficient (Wildman–Crippen LogP) is 2.76. The highest BCUT2D eigenvalue weighted by molar-refractivity contribution is 5.81. The molecular weight excluding hydrogens is 262 g/mol. The number of nitrogens with zero attached hydrogens (tertiary/aromatic N) is 3. The smallest absolute Gasteiger partial charge is 0.206 e. The molecule has 0 saturated heterocycles. The minimum absolute atomic E-state index is 0.0211. The summed E-state index contributed by atoms with van der Waals surface area (Å²) < 4.78 is 28.6. The maximum Gasteiger partial charge on any atom is 0.206 e. The lowest BCUT2D eigenvalue weighted by Crippen LogP contribution is -2.02. The summed E-state index contributed by atoms with van der Waals surface area (Å²) in [5, 5.41) is 8.76. The number of nitrogen functional groups attached to an aromatic ring is 1. The summed E-state index contributed by atoms with van der Waals surface area (Å²) in [7, 11) is 0. The molecule has 3 rings (SSSR count). The number of hydrogen-bond donors (Lipinski definition) is 1. The molecule has 0 aliphatic rings. The fourth-order valence-corrected chi connectivity index (χ4v) is 2.07. The SMILES string of the molecule is N#Cc1ccc(-n2c(N)nc3ccc(F)c(F)c32)cc1. The van der Waals surface area contributed by atoms with E-state index in [1.807, 2.05) is 6.07 Å². The van der Waals surface area contributed by atoms with Gasteiger partial charge in [-0.05, 0) is 36.4 Å². The lowest BCUT2D eigenvalue weighted by Gasteiger charge is -2.07. The molecule has 3 aromatic rings. The van der Waals surface area contributed by atoms with E-state index in [2.05, 4.69) is 4.98 Å². The Morgan fingerprint density at radius 3 is 2.45 bits per heavy atom. The number of anilines is 1. The second kappa shape index (κ2) is 4.31. The zero-order valence-electron chi connectivity index (χ0n) is 10.1. The maximum absolute atomic E-state index is 14.0. The summed E-state index contributed by atoms with van der Waals surface area (Å²) in [4.78, 5) is 4.00. The first-order valence-corrected chi connectivity index (χ1v) is 5.74. The van der Waals surface area contributed by atoms with Crippen LogP contribution in [0.1, 0.15) is 5.56 Å². The molecule has 6 heteroatoms. The largest absolute Gasteiger partial charge is 0.369 e. The van der Waals surface area contributed by atoms with Gasteiger partial charge < -0.3 is 5.73 Å². The minimum Gasteiger partial charge on any atom is -0.369 e. The van der Waals surface area contributed by atoms with Gasteiger partial charge >= 0.3 is 0 Å². The first kappa shape index (κ1) is 12.1. The molecule has 0 fully saturated rings. The summed E-state index contributed by atoms with van der Waals surface area (Å²) in [6, 6.07) is 10.7. The highest BCUT2D eigenvalue weighted by atomic mass is 19.2. The van der Waals surface area contributed by atoms with Crippen LogP contribution in [0.3, 0.4) is 0 Å². The van der Waals surface area contributed by atoms with E-state index < -0.39 is 11.6 Å². The molecule has 0 saturated carbocycles. The number of halogens is 2. The van der Waals surface area contributed by atoms with Gasteiger partial charge in [0, 0.05) is 5.69 Å². The summed E-state index contributed by atoms with van der Waals surface area (Å²) in [5.74, 6) is -1.92. The molecule has 0 amide bonds. The molecule has 0 aliphatic carbocycles. The van der Waals surface area contributed by atoms with Gasteiger partial charge in [-0.15, -0.1) is 0 Å². The van der Waals surface area contributed by atoms with Crippen molar-refractivity contribution < 1.29 is 8.78 Å². The Balaban J connectivity index is 2.32. The molecule has 1 aromatic heterocycles. The predicted molar refractivity (Wildman–Crippen MR) is 70.1 cm³/mol. The average Bonchev–Trinajstić information content (AvgIpc) is 2.80. The van der Waals surface area contributed by atoms with Gasteiger partial charge in [-0.1, -0.05) is 0 Å². The minimum atomic E-state index is -1.00. The van der Waals surface area contributed by atoms with Crippen LogP contribution in [0.25, 0.3) is 16.7 Å². The topological polar surface area (TPSA) is 67.6 Å². The zero-order chi connectivity index (χ0) is 14.3. The van der Waals surface area contributed by atoms with Crippen molar-refractivity contribution >= 4 is 17.0 Å². The first-order valence-electron chi connectivity index (χ1n) is 5.74. The summed E-state index contributed by atoms with van der Waals surface area (Å²) in [5.41, 5.74) is 6.99. The van der Waals surface area contributed by atoms with Gasteiger partial charge in [0.25, 0.3) is 0 Å². The van der Waals surface area contributed by atoms with Gasteiger partial charge in [0.1, 0.15) is 5.52 Å². The van der Waals surface area contributed by atoms with Gasteiger partial charge in [-0.25, -0.2) is 13.8 Å². The molecule has 98 valence electrons. The second-order valence-electron chi connectivity index (χ2n) is 4.19. The van der Waals surface area contributed by atoms with E-state index in [0.29, 0.717) is 11.3 Å². The quantitative estimate of drug-likeness (QED) is 0.739. The Bertz CT molecular complexity index is 844. The van der Waals surface area contributed by atoms with E-state index in [1.54, 1.807) is 24.3 Å². The summed E-state index contributed by atoms with van der Waals surface area (Å²) in [6.07, 6.45) is 0. The van der Waals surface area contributed by atoms with Gasteiger partial charge in [0.05, 0.1) is 17.1 Å². The third-order valence-electron chi connectivity index (χ3n) is 2.99. The molecule has 2 aromatic carbocycles. The molecule has 0 spiro atoms. The van der Waals surface area contributed by atoms with Crippen molar-refractivity contribution in [2.75, 3.05) is 5.73 Å². The lowest BCUT2D eigenvalue weighted by atomic mass is 10.2. The van der Waals surface area contributed by atoms with Crippen LogP contribution in [-0.2, 0) is 0 Å². The number of nitriles is 1. The standard InChI is InChI=1S/C14H8F2N4/c15-10-5-6-11-13(12(10)16)20(14(18)19-11)9-3-1-8(7-17)2-4-9/h1-6H,(H2,18,19). The van der Waals surface area contributed by atoms with Gasteiger partial charge in [0.2, 0.25) is 5.95 Å². The Morgan fingerprint density at radius 1 is 1.10 bits per heavy atom. The van der Waals surface area contributed by atoms with Crippen LogP contribution < -0.4 is 5.73 Å². The van der Waals surface area contributed by atoms with E-state index in [4.69, 9.17) is 11.0 Å². The second-order valence-corrected chi connectivity index (χ2v) is 4.19. The zero-order valence-corrected chi connectivity index (χ0v) is 10.1. The maximum atomic E-state index is 14.0. The highest BCUT2D eigenvalue weighted by Crippen LogP contribution is 2.26. The molecule has 1 heterocycles. The van der Waals surface area contributed by atoms with Crippen LogP contribution in [0.15, 0.2) is 36.4 Å². The van der Waals surface area contributed by atoms with Gasteiger partial charge in [-0.3, -0.25) is 4.57 Å². The number of benzene rings is 2. The van der Waals surface area contributed by atoms with Crippen molar-refractivity contribution in [1.29, 1.82) is 5.26 Å². The van der Waals surface area contributed by atoms with Crippen LogP contribution in [0.5, 0.6) is 0 Å². The highest BCUT2D eigenvalue weighted by Gasteiger charge is 2.17. The monoisotopic (exact) mass is 270 g/mol. The van der Waals surface area contributed by atoms with E-state index in [0.717, 1.165) is 6.07 Å². The number of aromatic nitrogens is 2. The van der Waals surface area contributed by atoms with Crippen LogP contribution >= 0.6 is 0 Å². The Hall–Kier alpha value is -2.94. The van der Waals surface area contributed by atoms with Crippen LogP contribution in [0, 0.1) is 23.0 Å². The molecule has 20 heavy (non-hydrogen) atoms. The molecule has 4 nitrogen and oxygen atoms in total. The Morgan fingerprint density at radius 2 is 1.80 bits per heavy atom. The van der Waals surface area contributed by atoms with Gasteiger partial charge in [-0.2, -0.15) is 5.26 Å². The summed E-state index contributed by atoms with van der Waals surface area (Å²) in [6.45, 7) is 0.